The maximum Gasteiger partial charge on any atom is 0.232 e. The van der Waals surface area contributed by atoms with Gasteiger partial charge in [-0.1, -0.05) is 19.0 Å². The number of rotatable bonds is 4. The second-order valence-corrected chi connectivity index (χ2v) is 4.93. The van der Waals surface area contributed by atoms with E-state index >= 15 is 0 Å². The summed E-state index contributed by atoms with van der Waals surface area (Å²) in [5.74, 6) is 0.981. The predicted octanol–water partition coefficient (Wildman–Crippen LogP) is 2.98. The van der Waals surface area contributed by atoms with Crippen molar-refractivity contribution >= 4 is 11.3 Å². The highest BCUT2D eigenvalue weighted by Crippen LogP contribution is 2.27. The van der Waals surface area contributed by atoms with E-state index in [-0.39, 0.29) is 5.92 Å². The predicted molar refractivity (Wildman–Crippen MR) is 67.1 cm³/mol. The molecule has 2 unspecified atom stereocenters. The van der Waals surface area contributed by atoms with Gasteiger partial charge in [0, 0.05) is 10.9 Å². The average molecular weight is 252 g/mol. The molecule has 0 aromatic carbocycles. The summed E-state index contributed by atoms with van der Waals surface area (Å²) in [7, 11) is 0. The third-order valence-electron chi connectivity index (χ3n) is 2.92. The van der Waals surface area contributed by atoms with E-state index in [1.54, 1.807) is 11.3 Å². The summed E-state index contributed by atoms with van der Waals surface area (Å²) in [4.78, 5) is 4.35. The number of hydrogen-bond acceptors (Lipinski definition) is 5. The minimum absolute atomic E-state index is 0.125. The number of aromatic nitrogens is 2. The van der Waals surface area contributed by atoms with Crippen LogP contribution in [0, 0.1) is 6.92 Å². The molecule has 4 nitrogen and oxygen atoms in total. The summed E-state index contributed by atoms with van der Waals surface area (Å²) in [5.41, 5.74) is 2.15. The van der Waals surface area contributed by atoms with Gasteiger partial charge in [0.1, 0.15) is 0 Å². The number of nitrogens with zero attached hydrogens (tertiary/aromatic N) is 2. The minimum atomic E-state index is -0.438. The lowest BCUT2D eigenvalue weighted by molar-refractivity contribution is 0.129. The molecule has 2 aromatic heterocycles. The van der Waals surface area contributed by atoms with Crippen molar-refractivity contribution < 1.29 is 9.63 Å². The summed E-state index contributed by atoms with van der Waals surface area (Å²) in [5, 5.41) is 17.8. The molecule has 2 atom stereocenters. The largest absolute Gasteiger partial charge is 0.392 e. The van der Waals surface area contributed by atoms with E-state index in [4.69, 9.17) is 4.52 Å². The summed E-state index contributed by atoms with van der Waals surface area (Å²) < 4.78 is 5.21. The van der Waals surface area contributed by atoms with Crippen molar-refractivity contribution in [1.29, 1.82) is 0 Å². The lowest BCUT2D eigenvalue weighted by Crippen LogP contribution is -2.14. The van der Waals surface area contributed by atoms with Crippen LogP contribution < -0.4 is 0 Å². The van der Waals surface area contributed by atoms with Crippen molar-refractivity contribution in [3.63, 3.8) is 0 Å². The standard InChI is InChI=1S/C12H16N2O2S/c1-4-10(15)8(3)12-13-11(14-16-12)9-6-17-5-7(9)2/h5-6,8,10,15H,4H2,1-3H3. The highest BCUT2D eigenvalue weighted by atomic mass is 32.1. The van der Waals surface area contributed by atoms with Gasteiger partial charge in [-0.25, -0.2) is 0 Å². The first-order chi connectivity index (χ1) is 8.13. The Kier molecular flexibility index (Phi) is 3.59. The molecule has 0 radical (unpaired) electrons. The molecule has 0 spiro atoms. The van der Waals surface area contributed by atoms with Gasteiger partial charge in [-0.05, 0) is 24.3 Å². The molecule has 0 aliphatic carbocycles. The molecule has 17 heavy (non-hydrogen) atoms. The van der Waals surface area contributed by atoms with Crippen molar-refractivity contribution in [1.82, 2.24) is 10.1 Å². The van der Waals surface area contributed by atoms with Crippen molar-refractivity contribution in [2.75, 3.05) is 0 Å². The van der Waals surface area contributed by atoms with Crippen LogP contribution in [-0.2, 0) is 0 Å². The van der Waals surface area contributed by atoms with Crippen molar-refractivity contribution in [3.8, 4) is 11.4 Å². The van der Waals surface area contributed by atoms with Crippen LogP contribution in [0.3, 0.4) is 0 Å². The lowest BCUT2D eigenvalue weighted by Gasteiger charge is -2.11. The molecule has 0 bridgehead atoms. The van der Waals surface area contributed by atoms with Crippen molar-refractivity contribution in [2.24, 2.45) is 0 Å². The molecule has 2 heterocycles. The molecule has 5 heteroatoms. The molecule has 0 saturated heterocycles. The van der Waals surface area contributed by atoms with Crippen LogP contribution in [-0.4, -0.2) is 21.4 Å². The molecule has 0 saturated carbocycles. The average Bonchev–Trinajstić information content (AvgIpc) is 2.95. The van der Waals surface area contributed by atoms with Gasteiger partial charge in [0.25, 0.3) is 0 Å². The highest BCUT2D eigenvalue weighted by molar-refractivity contribution is 7.08. The Morgan fingerprint density at radius 2 is 2.24 bits per heavy atom. The Morgan fingerprint density at radius 3 is 2.82 bits per heavy atom. The Bertz CT molecular complexity index is 492. The zero-order chi connectivity index (χ0) is 12.4. The van der Waals surface area contributed by atoms with Gasteiger partial charge in [0.05, 0.1) is 12.0 Å². The second kappa shape index (κ2) is 4.98. The fourth-order valence-electron chi connectivity index (χ4n) is 1.64. The van der Waals surface area contributed by atoms with Crippen LogP contribution in [0.1, 0.15) is 37.6 Å². The second-order valence-electron chi connectivity index (χ2n) is 4.19. The Morgan fingerprint density at radius 1 is 1.47 bits per heavy atom. The maximum atomic E-state index is 9.75. The van der Waals surface area contributed by atoms with Crippen LogP contribution >= 0.6 is 11.3 Å². The third kappa shape index (κ3) is 2.40. The van der Waals surface area contributed by atoms with E-state index in [1.807, 2.05) is 26.2 Å². The van der Waals surface area contributed by atoms with Gasteiger partial charge in [-0.2, -0.15) is 16.3 Å². The van der Waals surface area contributed by atoms with Crippen molar-refractivity contribution in [3.05, 3.63) is 22.2 Å². The normalized spacial score (nSPS) is 14.8. The number of thiophene rings is 1. The summed E-state index contributed by atoms with van der Waals surface area (Å²) in [6.45, 7) is 5.85. The smallest absolute Gasteiger partial charge is 0.232 e. The van der Waals surface area contributed by atoms with Crippen LogP contribution in [0.5, 0.6) is 0 Å². The number of aliphatic hydroxyl groups excluding tert-OH is 1. The zero-order valence-electron chi connectivity index (χ0n) is 10.2. The fourth-order valence-corrected chi connectivity index (χ4v) is 2.46. The molecule has 2 rings (SSSR count). The molecule has 0 fully saturated rings. The Labute approximate surface area is 104 Å². The van der Waals surface area contributed by atoms with Gasteiger partial charge >= 0.3 is 0 Å². The van der Waals surface area contributed by atoms with E-state index < -0.39 is 6.10 Å². The minimum Gasteiger partial charge on any atom is -0.392 e. The van der Waals surface area contributed by atoms with E-state index in [1.165, 1.54) is 0 Å². The maximum absolute atomic E-state index is 9.75. The number of aliphatic hydroxyl groups is 1. The van der Waals surface area contributed by atoms with Crippen LogP contribution in [0.2, 0.25) is 0 Å². The van der Waals surface area contributed by atoms with Crippen molar-refractivity contribution in [2.45, 2.75) is 39.2 Å². The summed E-state index contributed by atoms with van der Waals surface area (Å²) in [6, 6.07) is 0. The van der Waals surface area contributed by atoms with E-state index in [0.29, 0.717) is 18.1 Å². The van der Waals surface area contributed by atoms with Crippen LogP contribution in [0.4, 0.5) is 0 Å². The van der Waals surface area contributed by atoms with Gasteiger partial charge in [0.2, 0.25) is 11.7 Å². The van der Waals surface area contributed by atoms with Crippen LogP contribution in [0.15, 0.2) is 15.3 Å². The third-order valence-corrected chi connectivity index (χ3v) is 3.78. The zero-order valence-corrected chi connectivity index (χ0v) is 11.0. The van der Waals surface area contributed by atoms with Gasteiger partial charge in [0.15, 0.2) is 0 Å². The summed E-state index contributed by atoms with van der Waals surface area (Å²) in [6.07, 6.45) is 0.239. The quantitative estimate of drug-likeness (QED) is 0.908. The molecular formula is C12H16N2O2S. The first kappa shape index (κ1) is 12.3. The van der Waals surface area contributed by atoms with E-state index in [9.17, 15) is 5.11 Å². The number of aryl methyl sites for hydroxylation is 1. The first-order valence-corrected chi connectivity index (χ1v) is 6.62. The molecule has 0 amide bonds. The Hall–Kier alpha value is -1.20. The SMILES string of the molecule is CCC(O)C(C)c1nc(-c2cscc2C)no1. The molecule has 0 aliphatic heterocycles. The topological polar surface area (TPSA) is 59.2 Å². The number of hydrogen-bond donors (Lipinski definition) is 1. The molecule has 1 N–H and O–H groups in total. The molecule has 92 valence electrons. The van der Waals surface area contributed by atoms with Gasteiger partial charge in [-0.15, -0.1) is 0 Å². The molecule has 0 aliphatic rings. The lowest BCUT2D eigenvalue weighted by atomic mass is 10.0. The molecule has 2 aromatic rings. The monoisotopic (exact) mass is 252 g/mol. The summed E-state index contributed by atoms with van der Waals surface area (Å²) >= 11 is 1.62. The van der Waals surface area contributed by atoms with Gasteiger partial charge < -0.3 is 9.63 Å². The molecular weight excluding hydrogens is 236 g/mol. The Balaban J connectivity index is 2.25. The fraction of sp³-hybridized carbons (Fsp3) is 0.500. The van der Waals surface area contributed by atoms with Gasteiger partial charge in [-0.3, -0.25) is 0 Å². The van der Waals surface area contributed by atoms with E-state index in [2.05, 4.69) is 15.5 Å². The first-order valence-electron chi connectivity index (χ1n) is 5.68. The van der Waals surface area contributed by atoms with E-state index in [0.717, 1.165) is 11.1 Å². The highest BCUT2D eigenvalue weighted by Gasteiger charge is 2.21. The van der Waals surface area contributed by atoms with Crippen LogP contribution in [0.25, 0.3) is 11.4 Å².